The third-order valence-corrected chi connectivity index (χ3v) is 4.96. The van der Waals surface area contributed by atoms with Gasteiger partial charge in [-0.1, -0.05) is 0 Å². The summed E-state index contributed by atoms with van der Waals surface area (Å²) in [5.74, 6) is 0.0356. The molecule has 2 fully saturated rings. The van der Waals surface area contributed by atoms with Crippen LogP contribution in [-0.4, -0.2) is 42.8 Å². The quantitative estimate of drug-likeness (QED) is 0.731. The molecule has 0 radical (unpaired) electrons. The van der Waals surface area contributed by atoms with Crippen molar-refractivity contribution >= 4 is 12.1 Å². The van der Waals surface area contributed by atoms with Crippen LogP contribution in [0.1, 0.15) is 39.5 Å². The Morgan fingerprint density at radius 1 is 1.32 bits per heavy atom. The summed E-state index contributed by atoms with van der Waals surface area (Å²) in [5, 5.41) is 9.16. The minimum atomic E-state index is -0.596. The molecule has 1 aliphatic heterocycles. The smallest absolute Gasteiger partial charge is 0.410 e. The maximum atomic E-state index is 12.4. The molecule has 2 aliphatic rings. The lowest BCUT2D eigenvalue weighted by Gasteiger charge is -2.49. The molecule has 6 heteroatoms. The highest BCUT2D eigenvalue weighted by Gasteiger charge is 2.50. The van der Waals surface area contributed by atoms with Crippen LogP contribution < -0.4 is 0 Å². The predicted molar refractivity (Wildman–Crippen MR) is 78.7 cm³/mol. The molecule has 2 rings (SSSR count). The summed E-state index contributed by atoms with van der Waals surface area (Å²) in [4.78, 5) is 26.1. The number of ether oxygens (including phenoxy) is 2. The van der Waals surface area contributed by atoms with Crippen molar-refractivity contribution in [1.82, 2.24) is 4.90 Å². The highest BCUT2D eigenvalue weighted by atomic mass is 16.6. The van der Waals surface area contributed by atoms with Crippen LogP contribution in [0.3, 0.4) is 0 Å². The first-order valence-electron chi connectivity index (χ1n) is 7.95. The van der Waals surface area contributed by atoms with Crippen LogP contribution in [-0.2, 0) is 14.3 Å². The topological polar surface area (TPSA) is 79.6 Å². The van der Waals surface area contributed by atoms with E-state index in [4.69, 9.17) is 14.7 Å². The molecule has 1 aliphatic carbocycles. The number of fused-ring (bicyclic) bond motifs is 1. The SMILES string of the molecule is CCOC(=O)C1C2CCC(C#N)CC2CC(C)N1C(=O)OC. The van der Waals surface area contributed by atoms with E-state index in [1.165, 1.54) is 12.0 Å². The largest absolute Gasteiger partial charge is 0.464 e. The molecule has 1 heterocycles. The Morgan fingerprint density at radius 2 is 2.05 bits per heavy atom. The fourth-order valence-electron chi connectivity index (χ4n) is 4.04. The van der Waals surface area contributed by atoms with Crippen molar-refractivity contribution in [2.24, 2.45) is 17.8 Å². The van der Waals surface area contributed by atoms with Crippen molar-refractivity contribution in [3.63, 3.8) is 0 Å². The second-order valence-corrected chi connectivity index (χ2v) is 6.22. The number of piperidine rings is 1. The van der Waals surface area contributed by atoms with E-state index in [1.807, 2.05) is 6.92 Å². The third kappa shape index (κ3) is 3.03. The van der Waals surface area contributed by atoms with Crippen LogP contribution >= 0.6 is 0 Å². The van der Waals surface area contributed by atoms with Crippen molar-refractivity contribution in [1.29, 1.82) is 5.26 Å². The van der Waals surface area contributed by atoms with Gasteiger partial charge in [-0.25, -0.2) is 9.59 Å². The van der Waals surface area contributed by atoms with Crippen molar-refractivity contribution < 1.29 is 19.1 Å². The van der Waals surface area contributed by atoms with Crippen LogP contribution in [0.15, 0.2) is 0 Å². The van der Waals surface area contributed by atoms with E-state index in [1.54, 1.807) is 6.92 Å². The summed E-state index contributed by atoms with van der Waals surface area (Å²) in [6.45, 7) is 3.98. The fourth-order valence-corrected chi connectivity index (χ4v) is 4.04. The summed E-state index contributed by atoms with van der Waals surface area (Å²) in [6.07, 6.45) is 2.67. The van der Waals surface area contributed by atoms with Crippen LogP contribution in [0.4, 0.5) is 4.79 Å². The predicted octanol–water partition coefficient (Wildman–Crippen LogP) is 2.33. The molecule has 0 aromatic heterocycles. The molecule has 122 valence electrons. The normalized spacial score (nSPS) is 34.3. The van der Waals surface area contributed by atoms with Crippen molar-refractivity contribution in [2.45, 2.75) is 51.6 Å². The first-order chi connectivity index (χ1) is 10.5. The van der Waals surface area contributed by atoms with Crippen LogP contribution in [0.25, 0.3) is 0 Å². The van der Waals surface area contributed by atoms with Gasteiger partial charge in [0.2, 0.25) is 0 Å². The zero-order valence-electron chi connectivity index (χ0n) is 13.4. The van der Waals surface area contributed by atoms with E-state index >= 15 is 0 Å². The zero-order chi connectivity index (χ0) is 16.3. The van der Waals surface area contributed by atoms with Gasteiger partial charge in [0.1, 0.15) is 6.04 Å². The maximum Gasteiger partial charge on any atom is 0.410 e. The molecule has 1 amide bonds. The number of esters is 1. The minimum Gasteiger partial charge on any atom is -0.464 e. The van der Waals surface area contributed by atoms with Gasteiger partial charge in [-0.3, -0.25) is 4.90 Å². The van der Waals surface area contributed by atoms with E-state index in [2.05, 4.69) is 6.07 Å². The number of methoxy groups -OCH3 is 1. The van der Waals surface area contributed by atoms with Gasteiger partial charge in [0.15, 0.2) is 0 Å². The minimum absolute atomic E-state index is 0.0546. The Morgan fingerprint density at radius 3 is 2.64 bits per heavy atom. The summed E-state index contributed by atoms with van der Waals surface area (Å²) in [7, 11) is 1.33. The molecule has 22 heavy (non-hydrogen) atoms. The zero-order valence-corrected chi connectivity index (χ0v) is 13.4. The molecule has 0 N–H and O–H groups in total. The summed E-state index contributed by atoms with van der Waals surface area (Å²) in [5.41, 5.74) is 0. The summed E-state index contributed by atoms with van der Waals surface area (Å²) < 4.78 is 10.1. The Bertz CT molecular complexity index is 473. The first kappa shape index (κ1) is 16.6. The summed E-state index contributed by atoms with van der Waals surface area (Å²) >= 11 is 0. The van der Waals surface area contributed by atoms with E-state index in [0.29, 0.717) is 0 Å². The number of amides is 1. The average molecular weight is 308 g/mol. The number of rotatable bonds is 2. The Hall–Kier alpha value is -1.77. The highest BCUT2D eigenvalue weighted by Crippen LogP contribution is 2.44. The lowest BCUT2D eigenvalue weighted by atomic mass is 9.66. The molecule has 0 bridgehead atoms. The average Bonchev–Trinajstić information content (AvgIpc) is 2.52. The van der Waals surface area contributed by atoms with Crippen molar-refractivity contribution in [3.05, 3.63) is 0 Å². The number of likely N-dealkylation sites (tertiary alicyclic amines) is 1. The van der Waals surface area contributed by atoms with Gasteiger partial charge in [-0.05, 0) is 51.4 Å². The first-order valence-corrected chi connectivity index (χ1v) is 7.95. The molecule has 0 aromatic rings. The molecule has 0 aromatic carbocycles. The van der Waals surface area contributed by atoms with E-state index < -0.39 is 12.1 Å². The van der Waals surface area contributed by atoms with E-state index in [0.717, 1.165) is 25.7 Å². The number of hydrogen-bond acceptors (Lipinski definition) is 5. The lowest BCUT2D eigenvalue weighted by Crippen LogP contribution is -2.60. The fraction of sp³-hybridized carbons (Fsp3) is 0.812. The molecule has 6 nitrogen and oxygen atoms in total. The number of hydrogen-bond donors (Lipinski definition) is 0. The van der Waals surface area contributed by atoms with Crippen molar-refractivity contribution in [2.75, 3.05) is 13.7 Å². The molecule has 1 saturated heterocycles. The van der Waals surface area contributed by atoms with Gasteiger partial charge in [0.05, 0.1) is 19.8 Å². The molecular formula is C16H24N2O4. The van der Waals surface area contributed by atoms with Gasteiger partial charge in [0, 0.05) is 12.0 Å². The van der Waals surface area contributed by atoms with Crippen molar-refractivity contribution in [3.8, 4) is 6.07 Å². The Labute approximate surface area is 131 Å². The third-order valence-electron chi connectivity index (χ3n) is 4.96. The molecule has 5 atom stereocenters. The second-order valence-electron chi connectivity index (χ2n) is 6.22. The van der Waals surface area contributed by atoms with E-state index in [9.17, 15) is 9.59 Å². The Balaban J connectivity index is 2.28. The highest BCUT2D eigenvalue weighted by molar-refractivity contribution is 5.82. The van der Waals surface area contributed by atoms with Crippen LogP contribution in [0.2, 0.25) is 0 Å². The second kappa shape index (κ2) is 6.99. The monoisotopic (exact) mass is 308 g/mol. The standard InChI is InChI=1S/C16H24N2O4/c1-4-22-15(19)14-13-6-5-11(9-17)8-12(13)7-10(2)18(14)16(20)21-3/h10-14H,4-8H2,1-3H3. The van der Waals surface area contributed by atoms with Gasteiger partial charge in [-0.2, -0.15) is 5.26 Å². The number of carbonyl (C=O) groups is 2. The van der Waals surface area contributed by atoms with Crippen LogP contribution in [0.5, 0.6) is 0 Å². The number of nitrogens with zero attached hydrogens (tertiary/aromatic N) is 2. The number of nitriles is 1. The summed E-state index contributed by atoms with van der Waals surface area (Å²) in [6, 6.07) is 1.65. The Kier molecular flexibility index (Phi) is 5.28. The van der Waals surface area contributed by atoms with Crippen LogP contribution in [0, 0.1) is 29.1 Å². The molecular weight excluding hydrogens is 284 g/mol. The molecule has 1 saturated carbocycles. The number of carbonyl (C=O) groups excluding carboxylic acids is 2. The van der Waals surface area contributed by atoms with Gasteiger partial charge in [0.25, 0.3) is 0 Å². The lowest BCUT2D eigenvalue weighted by molar-refractivity contribution is -0.157. The van der Waals surface area contributed by atoms with Gasteiger partial charge < -0.3 is 9.47 Å². The molecule has 5 unspecified atom stereocenters. The van der Waals surface area contributed by atoms with Gasteiger partial charge >= 0.3 is 12.1 Å². The van der Waals surface area contributed by atoms with Gasteiger partial charge in [-0.15, -0.1) is 0 Å². The molecule has 0 spiro atoms. The maximum absolute atomic E-state index is 12.4. The van der Waals surface area contributed by atoms with E-state index in [-0.39, 0.29) is 36.4 Å².